The number of nitrogens with one attached hydrogen (secondary N) is 1. The van der Waals surface area contributed by atoms with Gasteiger partial charge >= 0.3 is 0 Å². The predicted molar refractivity (Wildman–Crippen MR) is 78.0 cm³/mol. The van der Waals surface area contributed by atoms with E-state index in [0.717, 1.165) is 9.79 Å². The van der Waals surface area contributed by atoms with Gasteiger partial charge in [-0.3, -0.25) is 5.41 Å². The summed E-state index contributed by atoms with van der Waals surface area (Å²) in [6.07, 6.45) is 0. The Bertz CT molecular complexity index is 599. The van der Waals surface area contributed by atoms with E-state index in [-0.39, 0.29) is 5.84 Å². The Morgan fingerprint density at radius 2 is 1.78 bits per heavy atom. The highest BCUT2D eigenvalue weighted by Crippen LogP contribution is 2.33. The lowest BCUT2D eigenvalue weighted by Crippen LogP contribution is -2.12. The highest BCUT2D eigenvalue weighted by Gasteiger charge is 2.08. The summed E-state index contributed by atoms with van der Waals surface area (Å²) >= 11 is 13.4. The van der Waals surface area contributed by atoms with Gasteiger partial charge in [0.15, 0.2) is 0 Å². The van der Waals surface area contributed by atoms with E-state index >= 15 is 0 Å². The Morgan fingerprint density at radius 3 is 2.44 bits per heavy atom. The van der Waals surface area contributed by atoms with E-state index < -0.39 is 0 Å². The minimum atomic E-state index is 0.0243. The van der Waals surface area contributed by atoms with E-state index in [9.17, 15) is 0 Å². The summed E-state index contributed by atoms with van der Waals surface area (Å²) in [4.78, 5) is 1.82. The molecule has 3 N–H and O–H groups in total. The van der Waals surface area contributed by atoms with Gasteiger partial charge in [0.2, 0.25) is 0 Å². The first kappa shape index (κ1) is 13.3. The molecule has 2 nitrogen and oxygen atoms in total. The van der Waals surface area contributed by atoms with Gasteiger partial charge < -0.3 is 5.73 Å². The average molecular weight is 297 g/mol. The molecule has 92 valence electrons. The molecule has 2 rings (SSSR count). The zero-order valence-electron chi connectivity index (χ0n) is 9.28. The molecule has 0 bridgehead atoms. The minimum Gasteiger partial charge on any atom is -0.384 e. The van der Waals surface area contributed by atoms with Gasteiger partial charge in [-0.15, -0.1) is 0 Å². The van der Waals surface area contributed by atoms with Gasteiger partial charge in [-0.1, -0.05) is 41.0 Å². The normalized spacial score (nSPS) is 10.3. The lowest BCUT2D eigenvalue weighted by molar-refractivity contribution is 1.33. The number of amidine groups is 1. The minimum absolute atomic E-state index is 0.0243. The Kier molecular flexibility index (Phi) is 4.17. The molecular weight excluding hydrogens is 287 g/mol. The highest BCUT2D eigenvalue weighted by atomic mass is 35.5. The molecule has 0 saturated heterocycles. The molecule has 5 heteroatoms. The van der Waals surface area contributed by atoms with E-state index in [1.54, 1.807) is 18.2 Å². The molecule has 0 unspecified atom stereocenters. The first-order valence-corrected chi connectivity index (χ1v) is 6.71. The molecule has 0 spiro atoms. The lowest BCUT2D eigenvalue weighted by atomic mass is 10.2. The maximum atomic E-state index is 7.55. The summed E-state index contributed by atoms with van der Waals surface area (Å²) in [6.45, 7) is 0. The van der Waals surface area contributed by atoms with Crippen LogP contribution in [0.15, 0.2) is 52.3 Å². The van der Waals surface area contributed by atoms with E-state index in [1.165, 1.54) is 11.8 Å². The molecule has 0 fully saturated rings. The van der Waals surface area contributed by atoms with Crippen LogP contribution in [0.3, 0.4) is 0 Å². The average Bonchev–Trinajstić information content (AvgIpc) is 2.28. The molecule has 0 aliphatic heterocycles. The zero-order valence-corrected chi connectivity index (χ0v) is 11.6. The van der Waals surface area contributed by atoms with Crippen molar-refractivity contribution >= 4 is 40.8 Å². The number of hydrogen-bond acceptors (Lipinski definition) is 2. The van der Waals surface area contributed by atoms with Crippen molar-refractivity contribution in [1.82, 2.24) is 0 Å². The van der Waals surface area contributed by atoms with Gasteiger partial charge in [-0.05, 0) is 36.4 Å². The van der Waals surface area contributed by atoms with Crippen LogP contribution in [0, 0.1) is 5.41 Å². The van der Waals surface area contributed by atoms with E-state index in [0.29, 0.717) is 15.6 Å². The zero-order chi connectivity index (χ0) is 13.1. The van der Waals surface area contributed by atoms with Crippen LogP contribution in [0.5, 0.6) is 0 Å². The van der Waals surface area contributed by atoms with Crippen molar-refractivity contribution in [2.75, 3.05) is 0 Å². The van der Waals surface area contributed by atoms with Crippen LogP contribution in [0.2, 0.25) is 10.0 Å². The first-order valence-electron chi connectivity index (χ1n) is 5.13. The van der Waals surface area contributed by atoms with Gasteiger partial charge in [0.1, 0.15) is 5.84 Å². The number of hydrogen-bond donors (Lipinski definition) is 2. The topological polar surface area (TPSA) is 49.9 Å². The summed E-state index contributed by atoms with van der Waals surface area (Å²) in [5.74, 6) is 0.0243. The van der Waals surface area contributed by atoms with Crippen LogP contribution >= 0.6 is 35.0 Å². The molecule has 0 heterocycles. The van der Waals surface area contributed by atoms with Gasteiger partial charge in [0.25, 0.3) is 0 Å². The monoisotopic (exact) mass is 296 g/mol. The van der Waals surface area contributed by atoms with Gasteiger partial charge in [0.05, 0.1) is 0 Å². The van der Waals surface area contributed by atoms with Crippen LogP contribution in [0.1, 0.15) is 5.56 Å². The largest absolute Gasteiger partial charge is 0.384 e. The molecule has 0 saturated carbocycles. The van der Waals surface area contributed by atoms with Crippen molar-refractivity contribution in [3.8, 4) is 0 Å². The van der Waals surface area contributed by atoms with E-state index in [2.05, 4.69) is 0 Å². The standard InChI is InChI=1S/C13H10Cl2N2S/c14-8-2-1-3-10(6-8)18-12-7-9(15)4-5-11(12)13(16)17/h1-7H,(H3,16,17). The maximum absolute atomic E-state index is 7.55. The number of rotatable bonds is 3. The van der Waals surface area contributed by atoms with Crippen LogP contribution in [-0.4, -0.2) is 5.84 Å². The second-order valence-corrected chi connectivity index (χ2v) is 5.60. The SMILES string of the molecule is N=C(N)c1ccc(Cl)cc1Sc1cccc(Cl)c1. The van der Waals surface area contributed by atoms with Crippen molar-refractivity contribution in [1.29, 1.82) is 5.41 Å². The molecule has 2 aromatic rings. The van der Waals surface area contributed by atoms with Crippen molar-refractivity contribution in [3.63, 3.8) is 0 Å². The fraction of sp³-hybridized carbons (Fsp3) is 0. The summed E-state index contributed by atoms with van der Waals surface area (Å²) in [5, 5.41) is 8.84. The summed E-state index contributed by atoms with van der Waals surface area (Å²) in [7, 11) is 0. The third-order valence-electron chi connectivity index (χ3n) is 2.26. The van der Waals surface area contributed by atoms with Crippen molar-refractivity contribution < 1.29 is 0 Å². The summed E-state index contributed by atoms with van der Waals surface area (Å²) in [6, 6.07) is 12.8. The molecule has 2 aromatic carbocycles. The van der Waals surface area contributed by atoms with E-state index in [1.807, 2.05) is 24.3 Å². The van der Waals surface area contributed by atoms with Crippen LogP contribution in [-0.2, 0) is 0 Å². The van der Waals surface area contributed by atoms with Crippen molar-refractivity contribution in [2.24, 2.45) is 5.73 Å². The summed E-state index contributed by atoms with van der Waals surface area (Å²) < 4.78 is 0. The number of halogens is 2. The lowest BCUT2D eigenvalue weighted by Gasteiger charge is -2.08. The third-order valence-corrected chi connectivity index (χ3v) is 3.78. The molecule has 0 aliphatic rings. The van der Waals surface area contributed by atoms with Gasteiger partial charge in [-0.2, -0.15) is 0 Å². The van der Waals surface area contributed by atoms with Gasteiger partial charge in [-0.25, -0.2) is 0 Å². The van der Waals surface area contributed by atoms with Crippen molar-refractivity contribution in [2.45, 2.75) is 9.79 Å². The van der Waals surface area contributed by atoms with Crippen LogP contribution in [0.4, 0.5) is 0 Å². The van der Waals surface area contributed by atoms with Crippen LogP contribution < -0.4 is 5.73 Å². The number of nitrogen functional groups attached to an aromatic ring is 1. The smallest absolute Gasteiger partial charge is 0.123 e. The second-order valence-electron chi connectivity index (χ2n) is 3.61. The third kappa shape index (κ3) is 3.19. The molecule has 0 atom stereocenters. The Balaban J connectivity index is 2.39. The predicted octanol–water partition coefficient (Wildman–Crippen LogP) is 4.43. The molecule has 0 radical (unpaired) electrons. The first-order chi connectivity index (χ1) is 8.56. The van der Waals surface area contributed by atoms with Crippen LogP contribution in [0.25, 0.3) is 0 Å². The Morgan fingerprint density at radius 1 is 1.06 bits per heavy atom. The maximum Gasteiger partial charge on any atom is 0.123 e. The molecule has 18 heavy (non-hydrogen) atoms. The second kappa shape index (κ2) is 5.65. The fourth-order valence-electron chi connectivity index (χ4n) is 1.46. The number of nitrogens with two attached hydrogens (primary N) is 1. The Labute approximate surface area is 120 Å². The van der Waals surface area contributed by atoms with Crippen molar-refractivity contribution in [3.05, 3.63) is 58.1 Å². The Hall–Kier alpha value is -1.16. The molecule has 0 aliphatic carbocycles. The molecular formula is C13H10Cl2N2S. The quantitative estimate of drug-likeness (QED) is 0.650. The number of benzene rings is 2. The molecule has 0 amide bonds. The highest BCUT2D eigenvalue weighted by molar-refractivity contribution is 7.99. The fourth-order valence-corrected chi connectivity index (χ4v) is 3.01. The summed E-state index contributed by atoms with van der Waals surface area (Å²) in [5.41, 5.74) is 6.22. The van der Waals surface area contributed by atoms with Gasteiger partial charge in [0, 0.05) is 25.4 Å². The van der Waals surface area contributed by atoms with E-state index in [4.69, 9.17) is 34.3 Å². The molecule has 0 aromatic heterocycles.